The maximum Gasteiger partial charge on any atom is 0.330 e. The highest BCUT2D eigenvalue weighted by Crippen LogP contribution is 2.16. The zero-order valence-corrected chi connectivity index (χ0v) is 8.68. The predicted octanol–water partition coefficient (Wildman–Crippen LogP) is 2.09. The lowest BCUT2D eigenvalue weighted by Crippen LogP contribution is -1.93. The summed E-state index contributed by atoms with van der Waals surface area (Å²) in [5, 5.41) is 1.84. The number of hydrogen-bond acceptors (Lipinski definition) is 4. The number of methoxy groups -OCH3 is 1. The molecule has 0 N–H and O–H groups in total. The van der Waals surface area contributed by atoms with E-state index in [2.05, 4.69) is 25.7 Å². The van der Waals surface area contributed by atoms with Gasteiger partial charge in [0.15, 0.2) is 3.92 Å². The SMILES string of the molecule is COC(=O)/C=C/c1csc(Br)n1. The van der Waals surface area contributed by atoms with Gasteiger partial charge in [0, 0.05) is 11.5 Å². The van der Waals surface area contributed by atoms with E-state index in [1.807, 2.05) is 5.38 Å². The highest BCUT2D eigenvalue weighted by molar-refractivity contribution is 9.11. The van der Waals surface area contributed by atoms with Crippen LogP contribution in [0.3, 0.4) is 0 Å². The molecule has 1 heterocycles. The molecule has 64 valence electrons. The Balaban J connectivity index is 2.63. The molecule has 12 heavy (non-hydrogen) atoms. The van der Waals surface area contributed by atoms with Gasteiger partial charge in [0.1, 0.15) is 0 Å². The molecule has 0 unspecified atom stereocenters. The van der Waals surface area contributed by atoms with Gasteiger partial charge in [-0.2, -0.15) is 0 Å². The van der Waals surface area contributed by atoms with Gasteiger partial charge in [-0.15, -0.1) is 11.3 Å². The lowest BCUT2D eigenvalue weighted by atomic mass is 10.4. The standard InChI is InChI=1S/C7H6BrNO2S/c1-11-6(10)3-2-5-4-12-7(8)9-5/h2-4H,1H3/b3-2+. The fourth-order valence-corrected chi connectivity index (χ4v) is 1.55. The Hall–Kier alpha value is -0.680. The molecule has 1 aromatic heterocycles. The molecule has 5 heteroatoms. The number of aromatic nitrogens is 1. The summed E-state index contributed by atoms with van der Waals surface area (Å²) in [6, 6.07) is 0. The topological polar surface area (TPSA) is 39.2 Å². The van der Waals surface area contributed by atoms with Gasteiger partial charge in [-0.3, -0.25) is 0 Å². The molecule has 0 spiro atoms. The average molecular weight is 248 g/mol. The molecule has 0 aliphatic carbocycles. The van der Waals surface area contributed by atoms with E-state index < -0.39 is 0 Å². The smallest absolute Gasteiger partial charge is 0.330 e. The Morgan fingerprint density at radius 1 is 1.83 bits per heavy atom. The summed E-state index contributed by atoms with van der Waals surface area (Å²) < 4.78 is 5.22. The van der Waals surface area contributed by atoms with Crippen molar-refractivity contribution < 1.29 is 9.53 Å². The second-order valence-electron chi connectivity index (χ2n) is 1.88. The van der Waals surface area contributed by atoms with E-state index in [0.29, 0.717) is 0 Å². The second kappa shape index (κ2) is 4.37. The Bertz CT molecular complexity index is 308. The van der Waals surface area contributed by atoms with Crippen LogP contribution in [-0.2, 0) is 9.53 Å². The minimum absolute atomic E-state index is 0.376. The first-order valence-electron chi connectivity index (χ1n) is 3.09. The van der Waals surface area contributed by atoms with Crippen LogP contribution in [0.5, 0.6) is 0 Å². The Kier molecular flexibility index (Phi) is 3.43. The van der Waals surface area contributed by atoms with Gasteiger partial charge in [-0.1, -0.05) is 0 Å². The first kappa shape index (κ1) is 9.41. The maximum atomic E-state index is 10.6. The molecule has 0 fully saturated rings. The van der Waals surface area contributed by atoms with Gasteiger partial charge in [-0.25, -0.2) is 9.78 Å². The first-order valence-corrected chi connectivity index (χ1v) is 4.76. The quantitative estimate of drug-likeness (QED) is 0.594. The molecule has 1 rings (SSSR count). The van der Waals surface area contributed by atoms with Crippen LogP contribution in [0.25, 0.3) is 6.08 Å². The molecule has 0 amide bonds. The van der Waals surface area contributed by atoms with Crippen LogP contribution in [0.1, 0.15) is 5.69 Å². The van der Waals surface area contributed by atoms with Crippen LogP contribution in [0.15, 0.2) is 15.4 Å². The van der Waals surface area contributed by atoms with Crippen LogP contribution in [0.2, 0.25) is 0 Å². The Labute approximate surface area is 82.2 Å². The number of nitrogens with zero attached hydrogens (tertiary/aromatic N) is 1. The molecule has 3 nitrogen and oxygen atoms in total. The molecule has 0 aliphatic heterocycles. The zero-order chi connectivity index (χ0) is 8.97. The molecule has 1 aromatic rings. The minimum atomic E-state index is -0.376. The van der Waals surface area contributed by atoms with Crippen molar-refractivity contribution in [2.45, 2.75) is 0 Å². The van der Waals surface area contributed by atoms with E-state index in [0.717, 1.165) is 9.61 Å². The van der Waals surface area contributed by atoms with Crippen LogP contribution in [0, 0.1) is 0 Å². The highest BCUT2D eigenvalue weighted by Gasteiger charge is 1.95. The predicted molar refractivity (Wildman–Crippen MR) is 50.9 cm³/mol. The largest absolute Gasteiger partial charge is 0.466 e. The van der Waals surface area contributed by atoms with Gasteiger partial charge in [0.2, 0.25) is 0 Å². The van der Waals surface area contributed by atoms with Crippen molar-refractivity contribution in [3.8, 4) is 0 Å². The molecule has 0 aromatic carbocycles. The Morgan fingerprint density at radius 3 is 3.08 bits per heavy atom. The number of rotatable bonds is 2. The van der Waals surface area contributed by atoms with Gasteiger partial charge in [0.05, 0.1) is 12.8 Å². The van der Waals surface area contributed by atoms with Crippen molar-refractivity contribution in [2.24, 2.45) is 0 Å². The number of halogens is 1. The Morgan fingerprint density at radius 2 is 2.58 bits per heavy atom. The third-order valence-corrected chi connectivity index (χ3v) is 2.47. The molecule has 0 saturated carbocycles. The number of thiazole rings is 1. The van der Waals surface area contributed by atoms with Gasteiger partial charge in [-0.05, 0) is 22.0 Å². The molecule has 0 aliphatic rings. The van der Waals surface area contributed by atoms with E-state index in [4.69, 9.17) is 0 Å². The summed E-state index contributed by atoms with van der Waals surface area (Å²) in [5.41, 5.74) is 0.747. The first-order chi connectivity index (χ1) is 5.72. The summed E-state index contributed by atoms with van der Waals surface area (Å²) in [6.07, 6.45) is 2.94. The molecule has 0 radical (unpaired) electrons. The minimum Gasteiger partial charge on any atom is -0.466 e. The maximum absolute atomic E-state index is 10.6. The molecule has 0 bridgehead atoms. The fraction of sp³-hybridized carbons (Fsp3) is 0.143. The summed E-state index contributed by atoms with van der Waals surface area (Å²) in [5.74, 6) is -0.376. The normalized spacial score (nSPS) is 10.5. The van der Waals surface area contributed by atoms with Crippen molar-refractivity contribution in [3.63, 3.8) is 0 Å². The monoisotopic (exact) mass is 247 g/mol. The van der Waals surface area contributed by atoms with Crippen molar-refractivity contribution in [2.75, 3.05) is 7.11 Å². The van der Waals surface area contributed by atoms with Crippen molar-refractivity contribution in [1.82, 2.24) is 4.98 Å². The van der Waals surface area contributed by atoms with Gasteiger partial charge >= 0.3 is 5.97 Å². The average Bonchev–Trinajstić information content (AvgIpc) is 2.47. The molecule has 0 atom stereocenters. The van der Waals surface area contributed by atoms with Crippen molar-refractivity contribution >= 4 is 39.3 Å². The fourth-order valence-electron chi connectivity index (χ4n) is 0.561. The number of carbonyl (C=O) groups is 1. The van der Waals surface area contributed by atoms with Crippen molar-refractivity contribution in [3.05, 3.63) is 21.1 Å². The van der Waals surface area contributed by atoms with E-state index in [9.17, 15) is 4.79 Å². The van der Waals surface area contributed by atoms with E-state index in [1.165, 1.54) is 24.5 Å². The molecule has 0 saturated heterocycles. The third-order valence-electron chi connectivity index (χ3n) is 1.09. The van der Waals surface area contributed by atoms with Crippen LogP contribution >= 0.6 is 27.3 Å². The van der Waals surface area contributed by atoms with Crippen LogP contribution < -0.4 is 0 Å². The van der Waals surface area contributed by atoms with Crippen LogP contribution in [-0.4, -0.2) is 18.1 Å². The summed E-state index contributed by atoms with van der Waals surface area (Å²) in [4.78, 5) is 14.7. The molecular weight excluding hydrogens is 242 g/mol. The third kappa shape index (κ3) is 2.75. The summed E-state index contributed by atoms with van der Waals surface area (Å²) >= 11 is 4.68. The summed E-state index contributed by atoms with van der Waals surface area (Å²) in [7, 11) is 1.34. The zero-order valence-electron chi connectivity index (χ0n) is 6.28. The number of hydrogen-bond donors (Lipinski definition) is 0. The lowest BCUT2D eigenvalue weighted by molar-refractivity contribution is -0.134. The second-order valence-corrected chi connectivity index (χ2v) is 4.02. The molecular formula is C7H6BrNO2S. The number of carbonyl (C=O) groups excluding carboxylic acids is 1. The van der Waals surface area contributed by atoms with E-state index in [-0.39, 0.29) is 5.97 Å². The van der Waals surface area contributed by atoms with Crippen molar-refractivity contribution in [1.29, 1.82) is 0 Å². The van der Waals surface area contributed by atoms with E-state index in [1.54, 1.807) is 6.08 Å². The highest BCUT2D eigenvalue weighted by atomic mass is 79.9. The number of ether oxygens (including phenoxy) is 1. The number of esters is 1. The van der Waals surface area contributed by atoms with Gasteiger partial charge < -0.3 is 4.74 Å². The lowest BCUT2D eigenvalue weighted by Gasteiger charge is -1.87. The van der Waals surface area contributed by atoms with Gasteiger partial charge in [0.25, 0.3) is 0 Å². The summed E-state index contributed by atoms with van der Waals surface area (Å²) in [6.45, 7) is 0. The van der Waals surface area contributed by atoms with Crippen LogP contribution in [0.4, 0.5) is 0 Å². The van der Waals surface area contributed by atoms with E-state index >= 15 is 0 Å².